The molecule has 1 aromatic heterocycles. The van der Waals surface area contributed by atoms with E-state index >= 15 is 0 Å². The second-order valence-corrected chi connectivity index (χ2v) is 7.64. The van der Waals surface area contributed by atoms with Crippen molar-refractivity contribution >= 4 is 34.0 Å². The summed E-state index contributed by atoms with van der Waals surface area (Å²) >= 11 is 0. The van der Waals surface area contributed by atoms with Crippen LogP contribution in [0, 0.1) is 5.82 Å². The van der Waals surface area contributed by atoms with Gasteiger partial charge in [0.2, 0.25) is 10.0 Å². The van der Waals surface area contributed by atoms with E-state index in [1.54, 1.807) is 6.07 Å². The molecule has 3 rings (SSSR count). The fourth-order valence-electron chi connectivity index (χ4n) is 2.61. The quantitative estimate of drug-likeness (QED) is 0.706. The smallest absolute Gasteiger partial charge is 0.291 e. The number of furan rings is 1. The van der Waals surface area contributed by atoms with Gasteiger partial charge in [0.05, 0.1) is 18.5 Å². The maximum Gasteiger partial charge on any atom is 0.291 e. The van der Waals surface area contributed by atoms with Crippen LogP contribution in [0.1, 0.15) is 27.4 Å². The van der Waals surface area contributed by atoms with Gasteiger partial charge in [-0.15, -0.1) is 12.4 Å². The number of hydrogen-bond acceptors (Lipinski definition) is 5. The van der Waals surface area contributed by atoms with Crippen molar-refractivity contribution in [1.29, 1.82) is 0 Å². The molecule has 0 bridgehead atoms. The molecule has 1 aliphatic rings. The van der Waals surface area contributed by atoms with Gasteiger partial charge in [-0.05, 0) is 42.3 Å². The summed E-state index contributed by atoms with van der Waals surface area (Å²) < 4.78 is 44.2. The van der Waals surface area contributed by atoms with Crippen molar-refractivity contribution in [2.75, 3.05) is 18.1 Å². The standard InChI is InChI=1S/C16H18FN3O4S.ClH/c1-25(22,23)19-9-11-3-5-14(24-11)16(21)20-13-4-2-10-8-18-7-6-12(10)15(13)17;/h2-5,18-19H,6-9H2,1H3,(H,20,21);1H. The van der Waals surface area contributed by atoms with Gasteiger partial charge in [0, 0.05) is 6.54 Å². The van der Waals surface area contributed by atoms with E-state index in [2.05, 4.69) is 15.4 Å². The summed E-state index contributed by atoms with van der Waals surface area (Å²) in [5.41, 5.74) is 1.58. The number of rotatable bonds is 5. The topological polar surface area (TPSA) is 100 Å². The number of amides is 1. The Kier molecular flexibility index (Phi) is 6.40. The molecule has 1 aromatic carbocycles. The lowest BCUT2D eigenvalue weighted by molar-refractivity contribution is 0.0994. The van der Waals surface area contributed by atoms with Crippen LogP contribution in [0.2, 0.25) is 0 Å². The molecule has 0 saturated carbocycles. The normalized spacial score (nSPS) is 13.6. The highest BCUT2D eigenvalue weighted by Crippen LogP contribution is 2.25. The van der Waals surface area contributed by atoms with Crippen LogP contribution < -0.4 is 15.4 Å². The minimum atomic E-state index is -3.36. The number of benzene rings is 1. The van der Waals surface area contributed by atoms with Crippen LogP contribution in [0.15, 0.2) is 28.7 Å². The number of sulfonamides is 1. The Morgan fingerprint density at radius 3 is 2.81 bits per heavy atom. The van der Waals surface area contributed by atoms with Gasteiger partial charge in [-0.3, -0.25) is 4.79 Å². The first-order chi connectivity index (χ1) is 11.8. The van der Waals surface area contributed by atoms with E-state index in [4.69, 9.17) is 4.42 Å². The molecule has 2 heterocycles. The highest BCUT2D eigenvalue weighted by Gasteiger charge is 2.19. The van der Waals surface area contributed by atoms with Gasteiger partial charge in [0.1, 0.15) is 11.6 Å². The predicted molar refractivity (Wildman–Crippen MR) is 97.4 cm³/mol. The highest BCUT2D eigenvalue weighted by molar-refractivity contribution is 7.88. The summed E-state index contributed by atoms with van der Waals surface area (Å²) in [4.78, 5) is 12.2. The molecule has 3 N–H and O–H groups in total. The largest absolute Gasteiger partial charge is 0.455 e. The fraction of sp³-hybridized carbons (Fsp3) is 0.312. The molecule has 0 spiro atoms. The molecule has 0 atom stereocenters. The molecule has 0 saturated heterocycles. The van der Waals surface area contributed by atoms with Gasteiger partial charge in [0.15, 0.2) is 5.76 Å². The third-order valence-corrected chi connectivity index (χ3v) is 4.52. The minimum Gasteiger partial charge on any atom is -0.455 e. The molecule has 10 heteroatoms. The van der Waals surface area contributed by atoms with Crippen LogP contribution in [-0.2, 0) is 29.5 Å². The molecule has 1 amide bonds. The number of hydrogen-bond donors (Lipinski definition) is 3. The van der Waals surface area contributed by atoms with Gasteiger partial charge in [-0.2, -0.15) is 0 Å². The lowest BCUT2D eigenvalue weighted by Gasteiger charge is -2.19. The maximum absolute atomic E-state index is 14.5. The Hall–Kier alpha value is -1.94. The summed E-state index contributed by atoms with van der Waals surface area (Å²) in [6.07, 6.45) is 1.59. The van der Waals surface area contributed by atoms with Gasteiger partial charge in [-0.25, -0.2) is 17.5 Å². The lowest BCUT2D eigenvalue weighted by atomic mass is 9.99. The maximum atomic E-state index is 14.5. The van der Waals surface area contributed by atoms with E-state index in [0.717, 1.165) is 11.8 Å². The second-order valence-electron chi connectivity index (χ2n) is 5.80. The summed E-state index contributed by atoms with van der Waals surface area (Å²) in [5, 5.41) is 5.66. The second kappa shape index (κ2) is 8.17. The van der Waals surface area contributed by atoms with Crippen LogP contribution in [0.3, 0.4) is 0 Å². The molecule has 0 aliphatic carbocycles. The third-order valence-electron chi connectivity index (χ3n) is 3.85. The molecule has 0 radical (unpaired) electrons. The number of halogens is 2. The summed E-state index contributed by atoms with van der Waals surface area (Å²) in [7, 11) is -3.36. The van der Waals surface area contributed by atoms with Crippen LogP contribution in [0.25, 0.3) is 0 Å². The van der Waals surface area contributed by atoms with Crippen molar-refractivity contribution in [3.05, 3.63) is 52.7 Å². The van der Waals surface area contributed by atoms with Gasteiger partial charge in [-0.1, -0.05) is 6.07 Å². The summed E-state index contributed by atoms with van der Waals surface area (Å²) in [5.74, 6) is -0.770. The van der Waals surface area contributed by atoms with Crippen molar-refractivity contribution in [1.82, 2.24) is 10.0 Å². The van der Waals surface area contributed by atoms with Crippen molar-refractivity contribution in [2.24, 2.45) is 0 Å². The van der Waals surface area contributed by atoms with Crippen LogP contribution in [-0.4, -0.2) is 27.1 Å². The third kappa shape index (κ3) is 4.82. The molecule has 0 fully saturated rings. The molecule has 26 heavy (non-hydrogen) atoms. The number of carbonyl (C=O) groups excluding carboxylic acids is 1. The van der Waals surface area contributed by atoms with Gasteiger partial charge < -0.3 is 15.1 Å². The van der Waals surface area contributed by atoms with Gasteiger partial charge in [0.25, 0.3) is 5.91 Å². The average molecular weight is 404 g/mol. The number of nitrogens with one attached hydrogen (secondary N) is 3. The zero-order chi connectivity index (χ0) is 18.0. The first kappa shape index (κ1) is 20.4. The molecule has 7 nitrogen and oxygen atoms in total. The first-order valence-corrected chi connectivity index (χ1v) is 9.58. The predicted octanol–water partition coefficient (Wildman–Crippen LogP) is 1.79. The SMILES string of the molecule is CS(=O)(=O)NCc1ccc(C(=O)Nc2ccc3c(c2F)CCNC3)o1.Cl. The molecular weight excluding hydrogens is 385 g/mol. The lowest BCUT2D eigenvalue weighted by Crippen LogP contribution is -2.25. The van der Waals surface area contributed by atoms with Gasteiger partial charge >= 0.3 is 0 Å². The van der Waals surface area contributed by atoms with Crippen molar-refractivity contribution < 1.29 is 22.0 Å². The molecular formula is C16H19ClFN3O4S. The zero-order valence-corrected chi connectivity index (χ0v) is 15.6. The molecule has 2 aromatic rings. The Morgan fingerprint density at radius 2 is 2.08 bits per heavy atom. The number of fused-ring (bicyclic) bond motifs is 1. The van der Waals surface area contributed by atoms with E-state index in [1.807, 2.05) is 0 Å². The van der Waals surface area contributed by atoms with E-state index in [1.165, 1.54) is 18.2 Å². The monoisotopic (exact) mass is 403 g/mol. The molecule has 0 unspecified atom stereocenters. The number of anilines is 1. The molecule has 1 aliphatic heterocycles. The van der Waals surface area contributed by atoms with Crippen molar-refractivity contribution in [3.63, 3.8) is 0 Å². The Balaban J connectivity index is 0.00000243. The molecule has 142 valence electrons. The Labute approximate surface area is 156 Å². The van der Waals surface area contributed by atoms with E-state index in [-0.39, 0.29) is 36.2 Å². The van der Waals surface area contributed by atoms with E-state index in [0.29, 0.717) is 25.1 Å². The summed E-state index contributed by atoms with van der Waals surface area (Å²) in [6.45, 7) is 1.23. The van der Waals surface area contributed by atoms with Crippen molar-refractivity contribution in [2.45, 2.75) is 19.5 Å². The Morgan fingerprint density at radius 1 is 1.31 bits per heavy atom. The highest BCUT2D eigenvalue weighted by atomic mass is 35.5. The zero-order valence-electron chi connectivity index (χ0n) is 14.0. The Bertz CT molecular complexity index is 914. The van der Waals surface area contributed by atoms with E-state index in [9.17, 15) is 17.6 Å². The fourth-order valence-corrected chi connectivity index (χ4v) is 3.02. The van der Waals surface area contributed by atoms with E-state index < -0.39 is 21.7 Å². The van der Waals surface area contributed by atoms with Crippen LogP contribution in [0.5, 0.6) is 0 Å². The average Bonchev–Trinajstić information content (AvgIpc) is 3.04. The minimum absolute atomic E-state index is 0. The van der Waals surface area contributed by atoms with Crippen LogP contribution in [0.4, 0.5) is 10.1 Å². The van der Waals surface area contributed by atoms with Crippen LogP contribution >= 0.6 is 12.4 Å². The van der Waals surface area contributed by atoms with Crippen molar-refractivity contribution in [3.8, 4) is 0 Å². The number of carbonyl (C=O) groups is 1. The summed E-state index contributed by atoms with van der Waals surface area (Å²) in [6, 6.07) is 6.20. The first-order valence-electron chi connectivity index (χ1n) is 7.69.